The quantitative estimate of drug-likeness (QED) is 0.742. The third-order valence-electron chi connectivity index (χ3n) is 3.18. The zero-order chi connectivity index (χ0) is 15.9. The fraction of sp³-hybridized carbons (Fsp3) is 0.562. The number of hydrogen-bond donors (Lipinski definition) is 1. The van der Waals surface area contributed by atoms with Crippen molar-refractivity contribution in [1.29, 1.82) is 5.26 Å². The summed E-state index contributed by atoms with van der Waals surface area (Å²) in [4.78, 5) is 0. The number of hydrogen-bond acceptors (Lipinski definition) is 3. The first-order valence-electron chi connectivity index (χ1n) is 7.06. The monoisotopic (exact) mass is 296 g/mol. The topological polar surface area (TPSA) is 45.0 Å². The first-order chi connectivity index (χ1) is 9.89. The van der Waals surface area contributed by atoms with Gasteiger partial charge in [-0.05, 0) is 57.9 Å². The molecule has 0 aliphatic heterocycles. The molecule has 5 heteroatoms. The molecule has 1 aromatic carbocycles. The van der Waals surface area contributed by atoms with Gasteiger partial charge in [-0.1, -0.05) is 0 Å². The average molecular weight is 296 g/mol. The Morgan fingerprint density at radius 2 is 1.86 bits per heavy atom. The summed E-state index contributed by atoms with van der Waals surface area (Å²) in [5.41, 5.74) is 0.168. The Bertz CT molecular complexity index is 486. The first kappa shape index (κ1) is 17.4. The second-order valence-corrected chi connectivity index (χ2v) is 5.72. The number of nitriles is 1. The molecule has 0 radical (unpaired) electrons. The number of nitrogens with zero attached hydrogens (tertiary/aromatic N) is 1. The van der Waals surface area contributed by atoms with Gasteiger partial charge in [-0.15, -0.1) is 0 Å². The van der Waals surface area contributed by atoms with E-state index in [1.54, 1.807) is 7.05 Å². The summed E-state index contributed by atoms with van der Waals surface area (Å²) in [5.74, 6) is -1.69. The van der Waals surface area contributed by atoms with E-state index in [1.165, 1.54) is 12.1 Å². The highest BCUT2D eigenvalue weighted by Crippen LogP contribution is 2.25. The first-order valence-corrected chi connectivity index (χ1v) is 7.06. The minimum absolute atomic E-state index is 0.237. The lowest BCUT2D eigenvalue weighted by Crippen LogP contribution is -2.09. The largest absolute Gasteiger partial charge is 0.488 e. The molecule has 0 fully saturated rings. The summed E-state index contributed by atoms with van der Waals surface area (Å²) in [6, 6.07) is 4.76. The van der Waals surface area contributed by atoms with Crippen LogP contribution in [0.1, 0.15) is 38.7 Å². The van der Waals surface area contributed by atoms with Crippen LogP contribution in [0.3, 0.4) is 0 Å². The molecule has 0 saturated carbocycles. The highest BCUT2D eigenvalue weighted by Gasteiger charge is 2.16. The standard InChI is InChI=1S/C16H22F2N2O/c1-16(2,11-19)6-4-5-7-21-15-13(17)8-12(10-20-3)9-14(15)18/h8-9,20H,4-7,10H2,1-3H3. The molecule has 0 spiro atoms. The van der Waals surface area contributed by atoms with Crippen LogP contribution in [0.15, 0.2) is 12.1 Å². The van der Waals surface area contributed by atoms with Gasteiger partial charge >= 0.3 is 0 Å². The maximum Gasteiger partial charge on any atom is 0.190 e. The van der Waals surface area contributed by atoms with Crippen LogP contribution in [0.4, 0.5) is 8.78 Å². The minimum Gasteiger partial charge on any atom is -0.488 e. The lowest BCUT2D eigenvalue weighted by molar-refractivity contribution is 0.268. The van der Waals surface area contributed by atoms with E-state index in [9.17, 15) is 8.78 Å². The number of halogens is 2. The molecule has 0 heterocycles. The van der Waals surface area contributed by atoms with Gasteiger partial charge in [0.15, 0.2) is 17.4 Å². The Labute approximate surface area is 124 Å². The van der Waals surface area contributed by atoms with E-state index in [1.807, 2.05) is 13.8 Å². The normalized spacial score (nSPS) is 11.2. The predicted octanol–water partition coefficient (Wildman–Crippen LogP) is 3.78. The maximum atomic E-state index is 13.8. The molecule has 3 nitrogen and oxygen atoms in total. The van der Waals surface area contributed by atoms with Gasteiger partial charge in [-0.2, -0.15) is 5.26 Å². The third-order valence-corrected chi connectivity index (χ3v) is 3.18. The van der Waals surface area contributed by atoms with Gasteiger partial charge in [0.2, 0.25) is 0 Å². The molecule has 0 aliphatic rings. The van der Waals surface area contributed by atoms with Crippen molar-refractivity contribution in [1.82, 2.24) is 5.32 Å². The van der Waals surface area contributed by atoms with Crippen molar-refractivity contribution in [3.63, 3.8) is 0 Å². The Morgan fingerprint density at radius 1 is 1.24 bits per heavy atom. The van der Waals surface area contributed by atoms with E-state index in [0.29, 0.717) is 18.5 Å². The molecule has 0 amide bonds. The second-order valence-electron chi connectivity index (χ2n) is 5.72. The van der Waals surface area contributed by atoms with Gasteiger partial charge in [0.25, 0.3) is 0 Å². The molecule has 1 aromatic rings. The summed E-state index contributed by atoms with van der Waals surface area (Å²) < 4.78 is 32.7. The van der Waals surface area contributed by atoms with Crippen LogP contribution in [-0.2, 0) is 6.54 Å². The van der Waals surface area contributed by atoms with E-state index in [0.717, 1.165) is 12.8 Å². The summed E-state index contributed by atoms with van der Waals surface area (Å²) in [7, 11) is 1.71. The predicted molar refractivity (Wildman–Crippen MR) is 77.9 cm³/mol. The molecule has 0 aromatic heterocycles. The Balaban J connectivity index is 2.48. The molecule has 0 bridgehead atoms. The van der Waals surface area contributed by atoms with Crippen LogP contribution in [-0.4, -0.2) is 13.7 Å². The third kappa shape index (κ3) is 5.68. The van der Waals surface area contributed by atoms with Crippen molar-refractivity contribution in [2.45, 2.75) is 39.7 Å². The number of nitrogens with one attached hydrogen (secondary N) is 1. The van der Waals surface area contributed by atoms with Gasteiger partial charge in [0, 0.05) is 6.54 Å². The van der Waals surface area contributed by atoms with Crippen molar-refractivity contribution >= 4 is 0 Å². The molecule has 116 valence electrons. The zero-order valence-corrected chi connectivity index (χ0v) is 12.8. The van der Waals surface area contributed by atoms with E-state index in [4.69, 9.17) is 10.00 Å². The van der Waals surface area contributed by atoms with Gasteiger partial charge in [-0.3, -0.25) is 0 Å². The lowest BCUT2D eigenvalue weighted by atomic mass is 9.89. The smallest absolute Gasteiger partial charge is 0.190 e. The Hall–Kier alpha value is -1.67. The van der Waals surface area contributed by atoms with Crippen LogP contribution in [0.5, 0.6) is 5.75 Å². The lowest BCUT2D eigenvalue weighted by Gasteiger charge is -2.15. The van der Waals surface area contributed by atoms with Crippen molar-refractivity contribution in [2.24, 2.45) is 5.41 Å². The Morgan fingerprint density at radius 3 is 2.38 bits per heavy atom. The molecule has 0 atom stereocenters. The van der Waals surface area contributed by atoms with Crippen LogP contribution in [0, 0.1) is 28.4 Å². The molecule has 1 N–H and O–H groups in total. The van der Waals surface area contributed by atoms with Crippen molar-refractivity contribution in [3.05, 3.63) is 29.3 Å². The van der Waals surface area contributed by atoms with Gasteiger partial charge < -0.3 is 10.1 Å². The van der Waals surface area contributed by atoms with E-state index < -0.39 is 11.6 Å². The molecular formula is C16H22F2N2O. The van der Waals surface area contributed by atoms with Gasteiger partial charge in [0.1, 0.15) is 0 Å². The number of ether oxygens (including phenoxy) is 1. The van der Waals surface area contributed by atoms with Crippen molar-refractivity contribution in [3.8, 4) is 11.8 Å². The van der Waals surface area contributed by atoms with Crippen molar-refractivity contribution < 1.29 is 13.5 Å². The summed E-state index contributed by atoms with van der Waals surface area (Å²) in [6.07, 6.45) is 2.17. The molecule has 0 aliphatic carbocycles. The van der Waals surface area contributed by atoms with Crippen LogP contribution < -0.4 is 10.1 Å². The van der Waals surface area contributed by atoms with Crippen LogP contribution >= 0.6 is 0 Å². The second kappa shape index (κ2) is 7.94. The van der Waals surface area contributed by atoms with Gasteiger partial charge in [0.05, 0.1) is 18.1 Å². The van der Waals surface area contributed by atoms with Gasteiger partial charge in [-0.25, -0.2) is 8.78 Å². The summed E-state index contributed by atoms with van der Waals surface area (Å²) in [5, 5.41) is 11.7. The maximum absolute atomic E-state index is 13.8. The van der Waals surface area contributed by atoms with Crippen LogP contribution in [0.25, 0.3) is 0 Å². The molecular weight excluding hydrogens is 274 g/mol. The fourth-order valence-corrected chi connectivity index (χ4v) is 1.96. The van der Waals surface area contributed by atoms with E-state index in [2.05, 4.69) is 11.4 Å². The molecule has 21 heavy (non-hydrogen) atoms. The SMILES string of the molecule is CNCc1cc(F)c(OCCCCC(C)(C)C#N)c(F)c1. The van der Waals surface area contributed by atoms with Crippen LogP contribution in [0.2, 0.25) is 0 Å². The fourth-order valence-electron chi connectivity index (χ4n) is 1.96. The average Bonchev–Trinajstić information content (AvgIpc) is 2.41. The minimum atomic E-state index is -0.683. The number of unbranched alkanes of at least 4 members (excludes halogenated alkanes) is 1. The summed E-state index contributed by atoms with van der Waals surface area (Å²) in [6.45, 7) is 4.37. The van der Waals surface area contributed by atoms with E-state index >= 15 is 0 Å². The summed E-state index contributed by atoms with van der Waals surface area (Å²) >= 11 is 0. The number of benzene rings is 1. The molecule has 0 saturated heterocycles. The molecule has 1 rings (SSSR count). The number of rotatable bonds is 8. The van der Waals surface area contributed by atoms with E-state index in [-0.39, 0.29) is 17.8 Å². The Kier molecular flexibility index (Phi) is 6.57. The highest BCUT2D eigenvalue weighted by atomic mass is 19.1. The molecule has 0 unspecified atom stereocenters. The highest BCUT2D eigenvalue weighted by molar-refractivity contribution is 5.31. The van der Waals surface area contributed by atoms with Crippen molar-refractivity contribution in [2.75, 3.05) is 13.7 Å². The zero-order valence-electron chi connectivity index (χ0n) is 12.8.